The van der Waals surface area contributed by atoms with Crippen molar-refractivity contribution in [1.82, 2.24) is 5.32 Å². The second-order valence-electron chi connectivity index (χ2n) is 3.25. The van der Waals surface area contributed by atoms with E-state index in [2.05, 4.69) is 11.4 Å². The topological polar surface area (TPSA) is 32.3 Å². The van der Waals surface area contributed by atoms with Gasteiger partial charge in [-0.3, -0.25) is 0 Å². The molecule has 0 saturated heterocycles. The fourth-order valence-corrected chi connectivity index (χ4v) is 1.11. The van der Waals surface area contributed by atoms with Crippen LogP contribution in [0.25, 0.3) is 0 Å². The molecule has 1 aliphatic rings. The minimum absolute atomic E-state index is 0.632. The van der Waals surface area contributed by atoms with Gasteiger partial charge in [0.1, 0.15) is 0 Å². The van der Waals surface area contributed by atoms with E-state index in [4.69, 9.17) is 0 Å². The van der Waals surface area contributed by atoms with Gasteiger partial charge in [-0.1, -0.05) is 6.08 Å². The standard InChI is InChI=1S/C8H15NO/c1-8(2,10)7-4-3-5-9-6-7/h4,9-10H,3,5-6H2,1-2H3. The molecule has 0 unspecified atom stereocenters. The average molecular weight is 141 g/mol. The van der Waals surface area contributed by atoms with E-state index in [-0.39, 0.29) is 0 Å². The average Bonchev–Trinajstić information content (AvgIpc) is 1.88. The van der Waals surface area contributed by atoms with Gasteiger partial charge in [0.2, 0.25) is 0 Å². The summed E-state index contributed by atoms with van der Waals surface area (Å²) in [5.74, 6) is 0. The molecular formula is C8H15NO. The van der Waals surface area contributed by atoms with Crippen molar-refractivity contribution in [1.29, 1.82) is 0 Å². The lowest BCUT2D eigenvalue weighted by Gasteiger charge is -2.25. The summed E-state index contributed by atoms with van der Waals surface area (Å²) in [6, 6.07) is 0. The Morgan fingerprint density at radius 3 is 2.60 bits per heavy atom. The van der Waals surface area contributed by atoms with Gasteiger partial charge in [-0.05, 0) is 32.4 Å². The van der Waals surface area contributed by atoms with E-state index in [1.54, 1.807) is 0 Å². The zero-order chi connectivity index (χ0) is 7.61. The monoisotopic (exact) mass is 141 g/mol. The summed E-state index contributed by atoms with van der Waals surface area (Å²) in [7, 11) is 0. The van der Waals surface area contributed by atoms with Crippen LogP contribution >= 0.6 is 0 Å². The van der Waals surface area contributed by atoms with Gasteiger partial charge in [0.15, 0.2) is 0 Å². The van der Waals surface area contributed by atoms with Crippen LogP contribution in [0.3, 0.4) is 0 Å². The van der Waals surface area contributed by atoms with Crippen molar-refractivity contribution in [3.8, 4) is 0 Å². The second kappa shape index (κ2) is 2.72. The Bertz CT molecular complexity index is 144. The molecule has 58 valence electrons. The highest BCUT2D eigenvalue weighted by Gasteiger charge is 2.19. The molecule has 1 rings (SSSR count). The number of hydrogen-bond acceptors (Lipinski definition) is 2. The van der Waals surface area contributed by atoms with Crippen LogP contribution in [-0.2, 0) is 0 Å². The quantitative estimate of drug-likeness (QED) is 0.526. The van der Waals surface area contributed by atoms with Gasteiger partial charge in [-0.15, -0.1) is 0 Å². The molecule has 1 heterocycles. The first-order chi connectivity index (χ1) is 4.61. The normalized spacial score (nSPS) is 20.5. The third kappa shape index (κ3) is 1.82. The Labute approximate surface area is 61.9 Å². The van der Waals surface area contributed by atoms with Crippen molar-refractivity contribution in [3.05, 3.63) is 11.6 Å². The maximum atomic E-state index is 9.53. The van der Waals surface area contributed by atoms with Gasteiger partial charge in [0.05, 0.1) is 5.60 Å². The van der Waals surface area contributed by atoms with Crippen LogP contribution in [0.1, 0.15) is 20.3 Å². The van der Waals surface area contributed by atoms with E-state index >= 15 is 0 Å². The minimum atomic E-state index is -0.632. The minimum Gasteiger partial charge on any atom is -0.386 e. The molecule has 1 aliphatic heterocycles. The van der Waals surface area contributed by atoms with Gasteiger partial charge in [-0.25, -0.2) is 0 Å². The predicted octanol–water partition coefficient (Wildman–Crippen LogP) is 0.677. The van der Waals surface area contributed by atoms with E-state index in [9.17, 15) is 5.11 Å². The van der Waals surface area contributed by atoms with Crippen LogP contribution in [0.2, 0.25) is 0 Å². The fourth-order valence-electron chi connectivity index (χ4n) is 1.11. The zero-order valence-corrected chi connectivity index (χ0v) is 6.65. The molecule has 2 N–H and O–H groups in total. The molecule has 10 heavy (non-hydrogen) atoms. The summed E-state index contributed by atoms with van der Waals surface area (Å²) in [6.07, 6.45) is 3.16. The molecule has 0 amide bonds. The summed E-state index contributed by atoms with van der Waals surface area (Å²) >= 11 is 0. The van der Waals surface area contributed by atoms with E-state index in [0.717, 1.165) is 25.1 Å². The summed E-state index contributed by atoms with van der Waals surface area (Å²) in [6.45, 7) is 5.53. The largest absolute Gasteiger partial charge is 0.386 e. The summed E-state index contributed by atoms with van der Waals surface area (Å²) in [5.41, 5.74) is 0.478. The second-order valence-corrected chi connectivity index (χ2v) is 3.25. The lowest BCUT2D eigenvalue weighted by Crippen LogP contribution is -2.33. The van der Waals surface area contributed by atoms with Crippen LogP contribution < -0.4 is 5.32 Å². The van der Waals surface area contributed by atoms with Crippen molar-refractivity contribution in [2.24, 2.45) is 0 Å². The molecule has 0 fully saturated rings. The Kier molecular flexibility index (Phi) is 2.11. The van der Waals surface area contributed by atoms with Crippen molar-refractivity contribution >= 4 is 0 Å². The maximum absolute atomic E-state index is 9.53. The van der Waals surface area contributed by atoms with Gasteiger partial charge < -0.3 is 10.4 Å². The summed E-state index contributed by atoms with van der Waals surface area (Å²) in [4.78, 5) is 0. The van der Waals surface area contributed by atoms with Crippen LogP contribution in [0.4, 0.5) is 0 Å². The van der Waals surface area contributed by atoms with E-state index in [0.29, 0.717) is 0 Å². The molecule has 2 heteroatoms. The summed E-state index contributed by atoms with van der Waals surface area (Å²) in [5, 5.41) is 12.7. The maximum Gasteiger partial charge on any atom is 0.0813 e. The number of rotatable bonds is 1. The van der Waals surface area contributed by atoms with Crippen LogP contribution in [0.5, 0.6) is 0 Å². The third-order valence-electron chi connectivity index (χ3n) is 1.81. The Morgan fingerprint density at radius 1 is 1.60 bits per heavy atom. The molecular weight excluding hydrogens is 126 g/mol. The van der Waals surface area contributed by atoms with Crippen molar-refractivity contribution < 1.29 is 5.11 Å². The molecule has 0 aromatic carbocycles. The van der Waals surface area contributed by atoms with Crippen molar-refractivity contribution in [3.63, 3.8) is 0 Å². The molecule has 0 atom stereocenters. The number of nitrogens with one attached hydrogen (secondary N) is 1. The molecule has 0 saturated carbocycles. The molecule has 0 radical (unpaired) electrons. The van der Waals surface area contributed by atoms with Gasteiger partial charge in [0.25, 0.3) is 0 Å². The Hall–Kier alpha value is -0.340. The molecule has 0 aromatic rings. The molecule has 0 aromatic heterocycles. The number of aliphatic hydroxyl groups is 1. The first kappa shape index (κ1) is 7.76. The van der Waals surface area contributed by atoms with E-state index < -0.39 is 5.60 Å². The highest BCUT2D eigenvalue weighted by Crippen LogP contribution is 2.16. The molecule has 2 nitrogen and oxygen atoms in total. The Morgan fingerprint density at radius 2 is 2.30 bits per heavy atom. The van der Waals surface area contributed by atoms with Gasteiger partial charge in [-0.2, -0.15) is 0 Å². The van der Waals surface area contributed by atoms with Crippen molar-refractivity contribution in [2.75, 3.05) is 13.1 Å². The first-order valence-electron chi connectivity index (χ1n) is 3.73. The van der Waals surface area contributed by atoms with E-state index in [1.807, 2.05) is 13.8 Å². The van der Waals surface area contributed by atoms with Crippen LogP contribution in [0, 0.1) is 0 Å². The Balaban J connectivity index is 2.62. The number of hydrogen-bond donors (Lipinski definition) is 2. The van der Waals surface area contributed by atoms with Crippen LogP contribution in [0.15, 0.2) is 11.6 Å². The highest BCUT2D eigenvalue weighted by molar-refractivity contribution is 5.17. The van der Waals surface area contributed by atoms with Gasteiger partial charge >= 0.3 is 0 Å². The highest BCUT2D eigenvalue weighted by atomic mass is 16.3. The zero-order valence-electron chi connectivity index (χ0n) is 6.65. The smallest absolute Gasteiger partial charge is 0.0813 e. The van der Waals surface area contributed by atoms with Crippen LogP contribution in [-0.4, -0.2) is 23.8 Å². The van der Waals surface area contributed by atoms with Gasteiger partial charge in [0, 0.05) is 6.54 Å². The van der Waals surface area contributed by atoms with E-state index in [1.165, 1.54) is 0 Å². The molecule has 0 spiro atoms. The lowest BCUT2D eigenvalue weighted by atomic mass is 9.95. The summed E-state index contributed by atoms with van der Waals surface area (Å²) < 4.78 is 0. The fraction of sp³-hybridized carbons (Fsp3) is 0.750. The molecule has 0 aliphatic carbocycles. The SMILES string of the molecule is CC(C)(O)C1=CCCNC1. The van der Waals surface area contributed by atoms with Crippen molar-refractivity contribution in [2.45, 2.75) is 25.9 Å². The molecule has 0 bridgehead atoms. The lowest BCUT2D eigenvalue weighted by molar-refractivity contribution is 0.115. The first-order valence-corrected chi connectivity index (χ1v) is 3.73. The third-order valence-corrected chi connectivity index (χ3v) is 1.81. The predicted molar refractivity (Wildman–Crippen MR) is 41.9 cm³/mol.